The molecule has 0 radical (unpaired) electrons. The van der Waals surface area contributed by atoms with Crippen LogP contribution in [0.15, 0.2) is 47.4 Å². The lowest BCUT2D eigenvalue weighted by atomic mass is 10.1. The fourth-order valence-electron chi connectivity index (χ4n) is 3.50. The van der Waals surface area contributed by atoms with E-state index in [2.05, 4.69) is 9.36 Å². The number of aromatic nitrogens is 2. The van der Waals surface area contributed by atoms with E-state index in [0.29, 0.717) is 36.9 Å². The molecule has 0 amide bonds. The van der Waals surface area contributed by atoms with Crippen molar-refractivity contribution < 1.29 is 17.7 Å². The number of sulfonamides is 1. The summed E-state index contributed by atoms with van der Waals surface area (Å²) in [4.78, 5) is 16.8. The van der Waals surface area contributed by atoms with Crippen molar-refractivity contribution in [1.29, 1.82) is 0 Å². The quantitative estimate of drug-likeness (QED) is 0.366. The number of hydrogen-bond acceptors (Lipinski definition) is 8. The summed E-state index contributed by atoms with van der Waals surface area (Å²) in [5.41, 5.74) is 0.447. The fourth-order valence-corrected chi connectivity index (χ4v) is 5.91. The third-order valence-electron chi connectivity index (χ3n) is 5.21. The predicted molar refractivity (Wildman–Crippen MR) is 123 cm³/mol. The molecule has 2 aromatic carbocycles. The summed E-state index contributed by atoms with van der Waals surface area (Å²) in [7, 11) is -3.92. The van der Waals surface area contributed by atoms with Crippen LogP contribution in [0.3, 0.4) is 0 Å². The highest BCUT2D eigenvalue weighted by Gasteiger charge is 2.29. The van der Waals surface area contributed by atoms with Crippen LogP contribution in [0.25, 0.3) is 0 Å². The van der Waals surface area contributed by atoms with Gasteiger partial charge in [0.1, 0.15) is 16.7 Å². The van der Waals surface area contributed by atoms with Crippen molar-refractivity contribution in [3.05, 3.63) is 74.8 Å². The average molecular weight is 512 g/mol. The van der Waals surface area contributed by atoms with E-state index in [1.165, 1.54) is 40.1 Å². The van der Waals surface area contributed by atoms with Gasteiger partial charge >= 0.3 is 0 Å². The SMILES string of the molecule is O=[N+]([O-])c1cc(S(=O)(=O)N2CCCN(c3nc(Cc4ccc(F)cc4)ns3)CC2)ccc1Cl. The van der Waals surface area contributed by atoms with Gasteiger partial charge in [-0.05, 0) is 36.2 Å². The second-order valence-corrected chi connectivity index (χ2v) is 10.5. The highest BCUT2D eigenvalue weighted by molar-refractivity contribution is 7.89. The van der Waals surface area contributed by atoms with Crippen LogP contribution < -0.4 is 4.90 Å². The number of anilines is 1. The maximum Gasteiger partial charge on any atom is 0.289 e. The molecular formula is C20H19ClFN5O4S2. The summed E-state index contributed by atoms with van der Waals surface area (Å²) in [5.74, 6) is 0.312. The molecule has 2 heterocycles. The first-order chi connectivity index (χ1) is 15.7. The van der Waals surface area contributed by atoms with Crippen molar-refractivity contribution in [2.45, 2.75) is 17.7 Å². The van der Waals surface area contributed by atoms with Gasteiger partial charge in [-0.3, -0.25) is 10.1 Å². The molecule has 33 heavy (non-hydrogen) atoms. The standard InChI is InChI=1S/C20H19ClFN5O4S2/c21-17-7-6-16(13-18(17)27(28)29)33(30,31)26-9-1-8-25(10-11-26)20-23-19(24-32-20)12-14-2-4-15(22)5-3-14/h2-7,13H,1,8-12H2. The van der Waals surface area contributed by atoms with Crippen molar-refractivity contribution in [3.8, 4) is 0 Å². The van der Waals surface area contributed by atoms with E-state index in [0.717, 1.165) is 11.6 Å². The molecule has 0 unspecified atom stereocenters. The number of nitrogens with zero attached hydrogens (tertiary/aromatic N) is 5. The molecule has 1 aromatic heterocycles. The van der Waals surface area contributed by atoms with Crippen LogP contribution in [0.5, 0.6) is 0 Å². The Balaban J connectivity index is 1.45. The van der Waals surface area contributed by atoms with E-state index in [-0.39, 0.29) is 28.8 Å². The first-order valence-electron chi connectivity index (χ1n) is 10.00. The number of rotatable bonds is 6. The molecule has 13 heteroatoms. The van der Waals surface area contributed by atoms with Gasteiger partial charge in [-0.25, -0.2) is 17.8 Å². The van der Waals surface area contributed by atoms with Gasteiger partial charge in [0.25, 0.3) is 5.69 Å². The summed E-state index contributed by atoms with van der Waals surface area (Å²) < 4.78 is 45.0. The lowest BCUT2D eigenvalue weighted by Gasteiger charge is -2.21. The highest BCUT2D eigenvalue weighted by Crippen LogP contribution is 2.29. The molecular weight excluding hydrogens is 493 g/mol. The molecule has 1 fully saturated rings. The van der Waals surface area contributed by atoms with Gasteiger partial charge in [-0.2, -0.15) is 8.68 Å². The maximum atomic E-state index is 13.1. The smallest absolute Gasteiger partial charge is 0.289 e. The minimum absolute atomic E-state index is 0.117. The van der Waals surface area contributed by atoms with Gasteiger partial charge in [-0.15, -0.1) is 0 Å². The fraction of sp³-hybridized carbons (Fsp3) is 0.300. The molecule has 1 aliphatic rings. The molecule has 0 atom stereocenters. The van der Waals surface area contributed by atoms with E-state index in [1.54, 1.807) is 12.1 Å². The zero-order valence-electron chi connectivity index (χ0n) is 17.2. The Morgan fingerprint density at radius 3 is 2.61 bits per heavy atom. The number of nitro benzene ring substituents is 1. The lowest BCUT2D eigenvalue weighted by molar-refractivity contribution is -0.384. The number of nitro groups is 1. The largest absolute Gasteiger partial charge is 0.345 e. The minimum Gasteiger partial charge on any atom is -0.345 e. The summed E-state index contributed by atoms with van der Waals surface area (Å²) in [6.07, 6.45) is 1.03. The van der Waals surface area contributed by atoms with Gasteiger partial charge in [0.2, 0.25) is 15.2 Å². The molecule has 0 saturated carbocycles. The summed E-state index contributed by atoms with van der Waals surface area (Å²) >= 11 is 7.05. The van der Waals surface area contributed by atoms with Crippen LogP contribution in [0, 0.1) is 15.9 Å². The lowest BCUT2D eigenvalue weighted by Crippen LogP contribution is -2.35. The highest BCUT2D eigenvalue weighted by atomic mass is 35.5. The van der Waals surface area contributed by atoms with Crippen molar-refractivity contribution in [2.24, 2.45) is 0 Å². The molecule has 0 bridgehead atoms. The molecule has 1 aliphatic heterocycles. The van der Waals surface area contributed by atoms with Gasteiger partial charge < -0.3 is 4.90 Å². The topological polar surface area (TPSA) is 110 Å². The molecule has 0 spiro atoms. The molecule has 0 N–H and O–H groups in total. The van der Waals surface area contributed by atoms with Gasteiger partial charge in [0.05, 0.1) is 9.82 Å². The van der Waals surface area contributed by atoms with Crippen LogP contribution in [-0.4, -0.2) is 53.2 Å². The average Bonchev–Trinajstić information content (AvgIpc) is 3.09. The number of benzene rings is 2. The molecule has 1 saturated heterocycles. The van der Waals surface area contributed by atoms with Gasteiger partial charge in [-0.1, -0.05) is 23.7 Å². The third kappa shape index (κ3) is 5.29. The Bertz CT molecular complexity index is 1270. The third-order valence-corrected chi connectivity index (χ3v) is 8.24. The Kier molecular flexibility index (Phi) is 6.88. The van der Waals surface area contributed by atoms with Crippen molar-refractivity contribution in [3.63, 3.8) is 0 Å². The summed E-state index contributed by atoms with van der Waals surface area (Å²) in [5, 5.41) is 11.7. The summed E-state index contributed by atoms with van der Waals surface area (Å²) in [6, 6.07) is 9.65. The zero-order chi connectivity index (χ0) is 23.6. The molecule has 174 valence electrons. The Morgan fingerprint density at radius 1 is 1.12 bits per heavy atom. The molecule has 9 nitrogen and oxygen atoms in total. The minimum atomic E-state index is -3.92. The summed E-state index contributed by atoms with van der Waals surface area (Å²) in [6.45, 7) is 1.47. The Morgan fingerprint density at radius 2 is 1.88 bits per heavy atom. The zero-order valence-corrected chi connectivity index (χ0v) is 19.6. The second kappa shape index (κ2) is 9.67. The first kappa shape index (κ1) is 23.5. The van der Waals surface area contributed by atoms with Gasteiger partial charge in [0.15, 0.2) is 0 Å². The van der Waals surface area contributed by atoms with Crippen LogP contribution in [0.4, 0.5) is 15.2 Å². The van der Waals surface area contributed by atoms with Crippen LogP contribution in [0.2, 0.25) is 5.02 Å². The van der Waals surface area contributed by atoms with E-state index < -0.39 is 20.6 Å². The normalized spacial score (nSPS) is 15.4. The monoisotopic (exact) mass is 511 g/mol. The molecule has 0 aliphatic carbocycles. The second-order valence-electron chi connectivity index (χ2n) is 7.41. The van der Waals surface area contributed by atoms with E-state index in [4.69, 9.17) is 11.6 Å². The van der Waals surface area contributed by atoms with Crippen molar-refractivity contribution in [2.75, 3.05) is 31.1 Å². The van der Waals surface area contributed by atoms with Crippen LogP contribution in [-0.2, 0) is 16.4 Å². The predicted octanol–water partition coefficient (Wildman–Crippen LogP) is 3.73. The Labute approximate surface area is 198 Å². The van der Waals surface area contributed by atoms with E-state index in [1.807, 2.05) is 4.90 Å². The molecule has 3 aromatic rings. The molecule has 4 rings (SSSR count). The van der Waals surface area contributed by atoms with E-state index in [9.17, 15) is 22.9 Å². The van der Waals surface area contributed by atoms with Crippen LogP contribution in [0.1, 0.15) is 17.8 Å². The van der Waals surface area contributed by atoms with E-state index >= 15 is 0 Å². The Hall–Kier alpha value is -2.67. The first-order valence-corrected chi connectivity index (χ1v) is 12.6. The maximum absolute atomic E-state index is 13.1. The van der Waals surface area contributed by atoms with Crippen LogP contribution >= 0.6 is 23.1 Å². The van der Waals surface area contributed by atoms with Crippen molar-refractivity contribution >= 4 is 44.0 Å². The number of halogens is 2. The van der Waals surface area contributed by atoms with Gasteiger partial charge in [0, 0.05) is 50.2 Å². The van der Waals surface area contributed by atoms with Crippen molar-refractivity contribution in [1.82, 2.24) is 13.7 Å². The number of hydrogen-bond donors (Lipinski definition) is 0.